The molecule has 0 N–H and O–H groups in total. The first-order valence-corrected chi connectivity index (χ1v) is 4.49. The smallest absolute Gasteiger partial charge is 0.128 e. The van der Waals surface area contributed by atoms with Crippen LogP contribution in [0.25, 0.3) is 0 Å². The largest absolute Gasteiger partial charge is 0.378 e. The summed E-state index contributed by atoms with van der Waals surface area (Å²) >= 11 is 0. The van der Waals surface area contributed by atoms with Crippen LogP contribution in [-0.4, -0.2) is 14.1 Å². The molecule has 2 heteroatoms. The maximum atomic E-state index is 13.4. The molecule has 0 aliphatic heterocycles. The van der Waals surface area contributed by atoms with Crippen molar-refractivity contribution in [2.24, 2.45) is 0 Å². The van der Waals surface area contributed by atoms with Crippen LogP contribution in [0.5, 0.6) is 0 Å². The molecule has 0 saturated carbocycles. The topological polar surface area (TPSA) is 3.24 Å². The lowest BCUT2D eigenvalue weighted by Gasteiger charge is -2.14. The van der Waals surface area contributed by atoms with Crippen LogP contribution in [0, 0.1) is 5.82 Å². The fourth-order valence-electron chi connectivity index (χ4n) is 1.26. The summed E-state index contributed by atoms with van der Waals surface area (Å²) < 4.78 is 13.4. The summed E-state index contributed by atoms with van der Waals surface area (Å²) in [5.74, 6) is 0.136. The minimum Gasteiger partial charge on any atom is -0.378 e. The molecule has 0 radical (unpaired) electrons. The van der Waals surface area contributed by atoms with Gasteiger partial charge in [0.1, 0.15) is 5.82 Å². The van der Waals surface area contributed by atoms with Crippen molar-refractivity contribution >= 4 is 5.69 Å². The van der Waals surface area contributed by atoms with E-state index in [0.29, 0.717) is 0 Å². The Labute approximate surface area is 79.2 Å². The van der Waals surface area contributed by atoms with Crippen LogP contribution in [0.4, 0.5) is 10.1 Å². The zero-order chi connectivity index (χ0) is 10.0. The second-order valence-electron chi connectivity index (χ2n) is 3.75. The van der Waals surface area contributed by atoms with E-state index in [1.165, 1.54) is 0 Å². The maximum Gasteiger partial charge on any atom is 0.128 e. The highest BCUT2D eigenvalue weighted by Gasteiger charge is 2.07. The van der Waals surface area contributed by atoms with Crippen molar-refractivity contribution in [3.05, 3.63) is 29.6 Å². The van der Waals surface area contributed by atoms with Gasteiger partial charge in [0.15, 0.2) is 0 Å². The predicted octanol–water partition coefficient (Wildman–Crippen LogP) is 3.02. The van der Waals surface area contributed by atoms with Gasteiger partial charge in [-0.2, -0.15) is 0 Å². The Hall–Kier alpha value is -1.05. The van der Waals surface area contributed by atoms with Crippen molar-refractivity contribution in [3.8, 4) is 0 Å². The Bertz CT molecular complexity index is 292. The third-order valence-corrected chi connectivity index (χ3v) is 2.12. The van der Waals surface area contributed by atoms with Crippen molar-refractivity contribution in [2.75, 3.05) is 19.0 Å². The quantitative estimate of drug-likeness (QED) is 0.678. The molecule has 0 fully saturated rings. The van der Waals surface area contributed by atoms with Crippen LogP contribution >= 0.6 is 0 Å². The van der Waals surface area contributed by atoms with Crippen molar-refractivity contribution in [1.29, 1.82) is 0 Å². The van der Waals surface area contributed by atoms with Gasteiger partial charge in [0.05, 0.1) is 0 Å². The minimum absolute atomic E-state index is 0.110. The Morgan fingerprint density at radius 1 is 1.23 bits per heavy atom. The number of nitrogens with zero attached hydrogens (tertiary/aromatic N) is 1. The molecule has 0 aliphatic rings. The summed E-state index contributed by atoms with van der Waals surface area (Å²) in [7, 11) is 3.81. The van der Waals surface area contributed by atoms with E-state index in [0.717, 1.165) is 11.3 Å². The maximum absolute atomic E-state index is 13.4. The van der Waals surface area contributed by atoms with Gasteiger partial charge < -0.3 is 4.90 Å². The predicted molar refractivity (Wildman–Crippen MR) is 54.8 cm³/mol. The normalized spacial score (nSPS) is 10.6. The van der Waals surface area contributed by atoms with Gasteiger partial charge in [-0.1, -0.05) is 19.9 Å². The van der Waals surface area contributed by atoms with Gasteiger partial charge >= 0.3 is 0 Å². The van der Waals surface area contributed by atoms with E-state index in [-0.39, 0.29) is 11.7 Å². The second kappa shape index (κ2) is 3.77. The molecular weight excluding hydrogens is 165 g/mol. The van der Waals surface area contributed by atoms with Gasteiger partial charge in [0, 0.05) is 19.8 Å². The molecule has 72 valence electrons. The van der Waals surface area contributed by atoms with Crippen molar-refractivity contribution in [2.45, 2.75) is 19.8 Å². The molecule has 0 bridgehead atoms. The molecule has 0 heterocycles. The second-order valence-corrected chi connectivity index (χ2v) is 3.75. The number of hydrogen-bond acceptors (Lipinski definition) is 1. The molecule has 0 aliphatic carbocycles. The number of anilines is 1. The van der Waals surface area contributed by atoms with E-state index in [9.17, 15) is 4.39 Å². The summed E-state index contributed by atoms with van der Waals surface area (Å²) in [6.07, 6.45) is 0. The van der Waals surface area contributed by atoms with E-state index in [1.54, 1.807) is 6.07 Å². The Morgan fingerprint density at radius 2 is 1.85 bits per heavy atom. The van der Waals surface area contributed by atoms with Crippen molar-refractivity contribution < 1.29 is 4.39 Å². The van der Waals surface area contributed by atoms with Crippen LogP contribution in [0.2, 0.25) is 0 Å². The average Bonchev–Trinajstić information content (AvgIpc) is 2.03. The molecule has 0 saturated heterocycles. The van der Waals surface area contributed by atoms with E-state index < -0.39 is 0 Å². The highest BCUT2D eigenvalue weighted by atomic mass is 19.1. The zero-order valence-electron chi connectivity index (χ0n) is 8.63. The molecule has 1 nitrogen and oxygen atoms in total. The van der Waals surface area contributed by atoms with Gasteiger partial charge in [-0.15, -0.1) is 0 Å². The first kappa shape index (κ1) is 10.0. The van der Waals surface area contributed by atoms with Crippen LogP contribution in [0.3, 0.4) is 0 Å². The van der Waals surface area contributed by atoms with Gasteiger partial charge in [-0.25, -0.2) is 4.39 Å². The molecule has 0 unspecified atom stereocenters. The third-order valence-electron chi connectivity index (χ3n) is 2.12. The lowest BCUT2D eigenvalue weighted by molar-refractivity contribution is 0.598. The standard InChI is InChI=1S/C11H16FN/c1-8(2)10-6-5-9(13(3)4)7-11(10)12/h5-8H,1-4H3. The van der Waals surface area contributed by atoms with Gasteiger partial charge in [-0.05, 0) is 23.6 Å². The van der Waals surface area contributed by atoms with Gasteiger partial charge in [0.2, 0.25) is 0 Å². The third kappa shape index (κ3) is 2.20. The molecule has 0 atom stereocenters. The summed E-state index contributed by atoms with van der Waals surface area (Å²) in [6.45, 7) is 3.99. The summed E-state index contributed by atoms with van der Waals surface area (Å²) in [5.41, 5.74) is 1.69. The first-order chi connectivity index (χ1) is 6.02. The molecule has 1 aromatic carbocycles. The molecule has 1 rings (SSSR count). The molecule has 0 spiro atoms. The summed E-state index contributed by atoms with van der Waals surface area (Å²) in [5, 5.41) is 0. The summed E-state index contributed by atoms with van der Waals surface area (Å²) in [4.78, 5) is 1.90. The summed E-state index contributed by atoms with van der Waals surface area (Å²) in [6, 6.07) is 5.38. The number of benzene rings is 1. The van der Waals surface area contributed by atoms with Gasteiger partial charge in [-0.3, -0.25) is 0 Å². The van der Waals surface area contributed by atoms with E-state index in [1.807, 2.05) is 45.0 Å². The van der Waals surface area contributed by atoms with E-state index in [2.05, 4.69) is 0 Å². The zero-order valence-corrected chi connectivity index (χ0v) is 8.63. The highest BCUT2D eigenvalue weighted by molar-refractivity contribution is 5.47. The van der Waals surface area contributed by atoms with Crippen molar-refractivity contribution in [1.82, 2.24) is 0 Å². The number of halogens is 1. The molecule has 1 aromatic rings. The Balaban J connectivity index is 3.06. The number of hydrogen-bond donors (Lipinski definition) is 0. The molecule has 13 heavy (non-hydrogen) atoms. The Morgan fingerprint density at radius 3 is 2.23 bits per heavy atom. The number of rotatable bonds is 2. The van der Waals surface area contributed by atoms with Crippen LogP contribution in [-0.2, 0) is 0 Å². The fraction of sp³-hybridized carbons (Fsp3) is 0.455. The minimum atomic E-state index is -0.110. The van der Waals surface area contributed by atoms with Crippen LogP contribution in [0.1, 0.15) is 25.3 Å². The molecule has 0 aromatic heterocycles. The van der Waals surface area contributed by atoms with Crippen molar-refractivity contribution in [3.63, 3.8) is 0 Å². The lowest BCUT2D eigenvalue weighted by Crippen LogP contribution is -2.09. The Kier molecular flexibility index (Phi) is 2.91. The lowest BCUT2D eigenvalue weighted by atomic mass is 10.0. The molecule has 0 amide bonds. The first-order valence-electron chi connectivity index (χ1n) is 4.49. The monoisotopic (exact) mass is 181 g/mol. The average molecular weight is 181 g/mol. The van der Waals surface area contributed by atoms with Crippen LogP contribution < -0.4 is 4.90 Å². The van der Waals surface area contributed by atoms with E-state index >= 15 is 0 Å². The van der Waals surface area contributed by atoms with Gasteiger partial charge in [0.25, 0.3) is 0 Å². The fourth-order valence-corrected chi connectivity index (χ4v) is 1.26. The SMILES string of the molecule is CC(C)c1ccc(N(C)C)cc1F. The van der Waals surface area contributed by atoms with Crippen LogP contribution in [0.15, 0.2) is 18.2 Å². The highest BCUT2D eigenvalue weighted by Crippen LogP contribution is 2.22. The molecular formula is C11H16FN. The van der Waals surface area contributed by atoms with E-state index in [4.69, 9.17) is 0 Å².